The summed E-state index contributed by atoms with van der Waals surface area (Å²) in [7, 11) is 0. The number of nitrogens with zero attached hydrogens (tertiary/aromatic N) is 2. The van der Waals surface area contributed by atoms with Crippen molar-refractivity contribution in [3.63, 3.8) is 0 Å². The molecule has 2 aliphatic rings. The predicted molar refractivity (Wildman–Crippen MR) is 237 cm³/mol. The molecule has 0 fully saturated rings. The molecule has 2 aliphatic carbocycles. The van der Waals surface area contributed by atoms with E-state index in [1.54, 1.807) is 0 Å². The largest absolute Gasteiger partial charge is 0.228 e. The molecule has 1 heterocycles. The van der Waals surface area contributed by atoms with Gasteiger partial charge in [0, 0.05) is 16.7 Å². The average molecular weight is 739 g/mol. The minimum atomic E-state index is -0.732. The van der Waals surface area contributed by atoms with E-state index in [-0.39, 0.29) is 0 Å². The van der Waals surface area contributed by atoms with E-state index in [2.05, 4.69) is 231 Å². The Labute approximate surface area is 339 Å². The molecule has 0 aliphatic heterocycles. The summed E-state index contributed by atoms with van der Waals surface area (Å²) in [6.45, 7) is 0. The molecular formula is C56H38N2. The molecule has 1 aromatic heterocycles. The summed E-state index contributed by atoms with van der Waals surface area (Å²) in [5, 5.41) is 0. The molecule has 0 saturated heterocycles. The highest BCUT2D eigenvalue weighted by Gasteiger charge is 2.60. The van der Waals surface area contributed by atoms with E-state index >= 15 is 0 Å². The highest BCUT2D eigenvalue weighted by atomic mass is 14.9. The van der Waals surface area contributed by atoms with Crippen LogP contribution in [0.3, 0.4) is 0 Å². The molecule has 0 atom stereocenters. The second kappa shape index (κ2) is 13.7. The van der Waals surface area contributed by atoms with Crippen molar-refractivity contribution in [3.8, 4) is 33.9 Å². The Morgan fingerprint density at radius 3 is 1.14 bits per heavy atom. The standard InChI is InChI=1S/C56H38N2/c1-7-22-39(23-8-1)49-38-50(40-24-9-2-10-25-40)58-54(57-49)47-36-21-35-46-51(47)56(43-30-15-5-16-31-43,44-32-17-6-18-33-44)52-45-34-19-20-37-48(45)55(53(46)52,41-26-11-3-12-27-41)42-28-13-4-14-29-42/h1-38H. The minimum absolute atomic E-state index is 0.616. The summed E-state index contributed by atoms with van der Waals surface area (Å²) >= 11 is 0. The van der Waals surface area contributed by atoms with Crippen molar-refractivity contribution in [2.24, 2.45) is 0 Å². The first kappa shape index (κ1) is 33.9. The van der Waals surface area contributed by atoms with Gasteiger partial charge in [0.25, 0.3) is 0 Å². The molecule has 2 nitrogen and oxygen atoms in total. The van der Waals surface area contributed by atoms with Crippen LogP contribution >= 0.6 is 0 Å². The maximum Gasteiger partial charge on any atom is 0.160 e. The van der Waals surface area contributed by atoms with Gasteiger partial charge in [0.15, 0.2) is 5.82 Å². The van der Waals surface area contributed by atoms with Crippen LogP contribution in [0.15, 0.2) is 231 Å². The van der Waals surface area contributed by atoms with Crippen molar-refractivity contribution in [2.45, 2.75) is 10.8 Å². The van der Waals surface area contributed by atoms with E-state index in [9.17, 15) is 0 Å². The zero-order valence-corrected chi connectivity index (χ0v) is 31.8. The van der Waals surface area contributed by atoms with Crippen molar-refractivity contribution in [2.75, 3.05) is 0 Å². The summed E-state index contributed by atoms with van der Waals surface area (Å²) < 4.78 is 0. The first-order valence-corrected chi connectivity index (χ1v) is 20.0. The molecule has 2 heteroatoms. The van der Waals surface area contributed by atoms with Crippen molar-refractivity contribution in [1.29, 1.82) is 0 Å². The molecule has 0 amide bonds. The monoisotopic (exact) mass is 738 g/mol. The molecular weight excluding hydrogens is 701 g/mol. The van der Waals surface area contributed by atoms with Crippen molar-refractivity contribution in [3.05, 3.63) is 275 Å². The van der Waals surface area contributed by atoms with Gasteiger partial charge in [-0.1, -0.05) is 224 Å². The smallest absolute Gasteiger partial charge is 0.160 e. The first-order valence-electron chi connectivity index (χ1n) is 20.0. The number of aromatic nitrogens is 2. The Morgan fingerprint density at radius 1 is 0.293 bits per heavy atom. The van der Waals surface area contributed by atoms with Crippen LogP contribution in [0.5, 0.6) is 0 Å². The summed E-state index contributed by atoms with van der Waals surface area (Å²) in [5.74, 6) is 0.702. The molecule has 11 rings (SSSR count). The molecule has 58 heavy (non-hydrogen) atoms. The van der Waals surface area contributed by atoms with E-state index in [1.807, 2.05) is 0 Å². The zero-order chi connectivity index (χ0) is 38.5. The van der Waals surface area contributed by atoms with Gasteiger partial charge >= 0.3 is 0 Å². The van der Waals surface area contributed by atoms with Gasteiger partial charge in [-0.05, 0) is 61.7 Å². The Morgan fingerprint density at radius 2 is 0.655 bits per heavy atom. The van der Waals surface area contributed by atoms with E-state index in [1.165, 1.54) is 55.7 Å². The van der Waals surface area contributed by atoms with Crippen LogP contribution in [-0.2, 0) is 10.8 Å². The quantitative estimate of drug-likeness (QED) is 0.163. The third kappa shape index (κ3) is 4.92. The Kier molecular flexibility index (Phi) is 7.97. The van der Waals surface area contributed by atoms with Gasteiger partial charge < -0.3 is 0 Å². The number of allylic oxidation sites excluding steroid dienone is 2. The summed E-state index contributed by atoms with van der Waals surface area (Å²) in [4.78, 5) is 11.0. The fourth-order valence-electron chi connectivity index (χ4n) is 10.0. The van der Waals surface area contributed by atoms with E-state index in [4.69, 9.17) is 9.97 Å². The van der Waals surface area contributed by atoms with Crippen molar-refractivity contribution in [1.82, 2.24) is 9.97 Å². The van der Waals surface area contributed by atoms with Gasteiger partial charge in [0.05, 0.1) is 22.2 Å². The van der Waals surface area contributed by atoms with Crippen LogP contribution in [0.1, 0.15) is 44.5 Å². The van der Waals surface area contributed by atoms with Crippen LogP contribution in [-0.4, -0.2) is 9.97 Å². The maximum atomic E-state index is 5.49. The fourth-order valence-corrected chi connectivity index (χ4v) is 10.0. The molecule has 0 bridgehead atoms. The van der Waals surface area contributed by atoms with Gasteiger partial charge in [-0.3, -0.25) is 0 Å². The SMILES string of the molecule is c1ccc(-c2cc(-c3ccccc3)nc(-c3cccc4c3C(c3ccccc3)(c3ccccc3)C3=C4C(c4ccccc4)(c4ccccc4)c4ccccc43)n2)cc1. The topological polar surface area (TPSA) is 25.8 Å². The summed E-state index contributed by atoms with van der Waals surface area (Å²) in [6.07, 6.45) is 0. The Bertz CT molecular complexity index is 2820. The number of rotatable bonds is 7. The molecule has 0 unspecified atom stereocenters. The van der Waals surface area contributed by atoms with Crippen LogP contribution in [0.25, 0.3) is 45.0 Å². The summed E-state index contributed by atoms with van der Waals surface area (Å²) in [5.41, 5.74) is 16.0. The van der Waals surface area contributed by atoms with Gasteiger partial charge in [-0.15, -0.1) is 0 Å². The summed E-state index contributed by atoms with van der Waals surface area (Å²) in [6, 6.07) is 83.5. The van der Waals surface area contributed by atoms with E-state index in [0.29, 0.717) is 5.82 Å². The number of benzene rings is 8. The lowest BCUT2D eigenvalue weighted by Gasteiger charge is -2.38. The second-order valence-electron chi connectivity index (χ2n) is 15.2. The second-order valence-corrected chi connectivity index (χ2v) is 15.2. The Balaban J connectivity index is 1.33. The van der Waals surface area contributed by atoms with Crippen LogP contribution in [0.2, 0.25) is 0 Å². The molecule has 0 radical (unpaired) electrons. The first-order chi connectivity index (χ1) is 28.8. The van der Waals surface area contributed by atoms with Gasteiger partial charge in [-0.25, -0.2) is 9.97 Å². The maximum absolute atomic E-state index is 5.49. The average Bonchev–Trinajstić information content (AvgIpc) is 3.80. The van der Waals surface area contributed by atoms with Gasteiger partial charge in [-0.2, -0.15) is 0 Å². The van der Waals surface area contributed by atoms with Gasteiger partial charge in [0.2, 0.25) is 0 Å². The highest BCUT2D eigenvalue weighted by Crippen LogP contribution is 2.70. The van der Waals surface area contributed by atoms with E-state index < -0.39 is 10.8 Å². The van der Waals surface area contributed by atoms with Crippen molar-refractivity contribution < 1.29 is 0 Å². The third-order valence-electron chi connectivity index (χ3n) is 12.2. The predicted octanol–water partition coefficient (Wildman–Crippen LogP) is 13.1. The molecule has 272 valence electrons. The lowest BCUT2D eigenvalue weighted by atomic mass is 9.63. The normalized spacial score (nSPS) is 14.4. The lowest BCUT2D eigenvalue weighted by Crippen LogP contribution is -2.31. The van der Waals surface area contributed by atoms with Crippen LogP contribution in [0.4, 0.5) is 0 Å². The molecule has 8 aromatic carbocycles. The number of hydrogen-bond acceptors (Lipinski definition) is 2. The van der Waals surface area contributed by atoms with Crippen molar-refractivity contribution >= 4 is 11.1 Å². The number of fused-ring (bicyclic) bond motifs is 4. The Hall–Kier alpha value is -7.42. The highest BCUT2D eigenvalue weighted by molar-refractivity contribution is 6.16. The fraction of sp³-hybridized carbons (Fsp3) is 0.0357. The molecule has 0 N–H and O–H groups in total. The lowest BCUT2D eigenvalue weighted by molar-refractivity contribution is 0.800. The third-order valence-corrected chi connectivity index (χ3v) is 12.2. The van der Waals surface area contributed by atoms with Crippen LogP contribution in [0, 0.1) is 0 Å². The molecule has 0 saturated carbocycles. The molecule has 0 spiro atoms. The number of hydrogen-bond donors (Lipinski definition) is 0. The molecule has 9 aromatic rings. The van der Waals surface area contributed by atoms with Crippen LogP contribution < -0.4 is 0 Å². The van der Waals surface area contributed by atoms with E-state index in [0.717, 1.165) is 28.1 Å². The minimum Gasteiger partial charge on any atom is -0.228 e. The zero-order valence-electron chi connectivity index (χ0n) is 31.8. The van der Waals surface area contributed by atoms with Gasteiger partial charge in [0.1, 0.15) is 0 Å².